The number of fused-ring (bicyclic) bond motifs is 1. The summed E-state index contributed by atoms with van der Waals surface area (Å²) >= 11 is 5.23. The van der Waals surface area contributed by atoms with Crippen molar-refractivity contribution in [2.45, 2.75) is 6.92 Å². The molecule has 1 aromatic heterocycles. The monoisotopic (exact) mass is 492 g/mol. The normalized spacial score (nSPS) is 10.6. The van der Waals surface area contributed by atoms with E-state index in [0.717, 1.165) is 17.5 Å². The Hall–Kier alpha value is -4.58. The average molecular weight is 493 g/mol. The van der Waals surface area contributed by atoms with Gasteiger partial charge in [-0.25, -0.2) is 0 Å². The van der Waals surface area contributed by atoms with E-state index in [2.05, 4.69) is 20.8 Å². The summed E-state index contributed by atoms with van der Waals surface area (Å²) in [5.41, 5.74) is 2.39. The molecule has 12 heteroatoms. The topological polar surface area (TPSA) is 133 Å². The van der Waals surface area contributed by atoms with Gasteiger partial charge in [0.1, 0.15) is 16.8 Å². The molecular formula is C23H20N6O5S. The van der Waals surface area contributed by atoms with Crippen LogP contribution in [0, 0.1) is 10.1 Å². The van der Waals surface area contributed by atoms with Crippen LogP contribution in [0.2, 0.25) is 0 Å². The van der Waals surface area contributed by atoms with Gasteiger partial charge in [-0.1, -0.05) is 0 Å². The van der Waals surface area contributed by atoms with E-state index in [9.17, 15) is 14.9 Å². The molecule has 35 heavy (non-hydrogen) atoms. The summed E-state index contributed by atoms with van der Waals surface area (Å²) in [6.45, 7) is 2.50. The van der Waals surface area contributed by atoms with Gasteiger partial charge < -0.3 is 14.8 Å². The predicted molar refractivity (Wildman–Crippen MR) is 133 cm³/mol. The van der Waals surface area contributed by atoms with Gasteiger partial charge in [0, 0.05) is 17.3 Å². The average Bonchev–Trinajstić information content (AvgIpc) is 3.27. The third kappa shape index (κ3) is 5.33. The minimum Gasteiger partial charge on any atom is -0.494 e. The van der Waals surface area contributed by atoms with Crippen molar-refractivity contribution in [1.29, 1.82) is 0 Å². The Bertz CT molecular complexity index is 1420. The Morgan fingerprint density at radius 3 is 2.51 bits per heavy atom. The fraction of sp³-hybridized carbons (Fsp3) is 0.130. The number of nitrogens with one attached hydrogen (secondary N) is 2. The second-order valence-corrected chi connectivity index (χ2v) is 7.58. The van der Waals surface area contributed by atoms with E-state index < -0.39 is 10.8 Å². The molecule has 0 saturated heterocycles. The molecule has 0 radical (unpaired) electrons. The van der Waals surface area contributed by atoms with E-state index in [1.807, 2.05) is 31.2 Å². The maximum atomic E-state index is 12.5. The molecule has 4 aromatic rings. The molecule has 0 aliphatic heterocycles. The number of nitrogens with zero attached hydrogens (tertiary/aromatic N) is 4. The number of rotatable bonds is 7. The van der Waals surface area contributed by atoms with Crippen molar-refractivity contribution in [2.75, 3.05) is 19.0 Å². The van der Waals surface area contributed by atoms with Gasteiger partial charge in [-0.3, -0.25) is 20.2 Å². The van der Waals surface area contributed by atoms with Crippen molar-refractivity contribution >= 4 is 45.6 Å². The smallest absolute Gasteiger partial charge is 0.311 e. The number of methoxy groups -OCH3 is 1. The minimum atomic E-state index is -0.623. The molecule has 0 spiro atoms. The second kappa shape index (κ2) is 10.1. The van der Waals surface area contributed by atoms with Gasteiger partial charge in [0.2, 0.25) is 0 Å². The number of hydrogen-bond donors (Lipinski definition) is 2. The molecule has 0 atom stereocenters. The number of ether oxygens (including phenoxy) is 2. The number of amides is 1. The lowest BCUT2D eigenvalue weighted by Gasteiger charge is -2.10. The molecule has 11 nitrogen and oxygen atoms in total. The van der Waals surface area contributed by atoms with E-state index in [4.69, 9.17) is 21.7 Å². The number of hydrogen-bond acceptors (Lipinski definition) is 8. The van der Waals surface area contributed by atoms with Crippen molar-refractivity contribution < 1.29 is 19.2 Å². The lowest BCUT2D eigenvalue weighted by molar-refractivity contribution is -0.385. The van der Waals surface area contributed by atoms with Crippen molar-refractivity contribution in [3.05, 3.63) is 76.3 Å². The Balaban J connectivity index is 1.45. The molecular weight excluding hydrogens is 472 g/mol. The highest BCUT2D eigenvalue weighted by atomic mass is 32.1. The Labute approximate surface area is 204 Å². The number of carbonyl (C=O) groups is 1. The van der Waals surface area contributed by atoms with E-state index in [0.29, 0.717) is 23.3 Å². The van der Waals surface area contributed by atoms with Crippen molar-refractivity contribution in [1.82, 2.24) is 20.3 Å². The first-order valence-electron chi connectivity index (χ1n) is 10.4. The third-order valence-corrected chi connectivity index (χ3v) is 5.09. The van der Waals surface area contributed by atoms with Gasteiger partial charge in [-0.2, -0.15) is 4.80 Å². The van der Waals surface area contributed by atoms with Crippen molar-refractivity contribution in [3.63, 3.8) is 0 Å². The highest BCUT2D eigenvalue weighted by Gasteiger charge is 2.19. The largest absolute Gasteiger partial charge is 0.494 e. The lowest BCUT2D eigenvalue weighted by Crippen LogP contribution is -2.34. The van der Waals surface area contributed by atoms with Crippen LogP contribution < -0.4 is 20.1 Å². The molecule has 3 aromatic carbocycles. The molecule has 1 heterocycles. The fourth-order valence-electron chi connectivity index (χ4n) is 3.26. The van der Waals surface area contributed by atoms with Gasteiger partial charge in [0.05, 0.1) is 24.3 Å². The summed E-state index contributed by atoms with van der Waals surface area (Å²) in [6.07, 6.45) is 0. The zero-order chi connectivity index (χ0) is 24.9. The first kappa shape index (κ1) is 23.6. The molecule has 178 valence electrons. The molecule has 4 rings (SSSR count). The maximum absolute atomic E-state index is 12.5. The summed E-state index contributed by atoms with van der Waals surface area (Å²) in [6, 6.07) is 16.6. The molecule has 2 N–H and O–H groups in total. The van der Waals surface area contributed by atoms with Crippen LogP contribution in [-0.4, -0.2) is 44.7 Å². The van der Waals surface area contributed by atoms with Crippen LogP contribution in [0.25, 0.3) is 16.7 Å². The number of carbonyl (C=O) groups excluding carboxylic acids is 1. The number of thiocarbonyl (C=S) groups is 1. The predicted octanol–water partition coefficient (Wildman–Crippen LogP) is 3.86. The molecule has 0 aliphatic rings. The van der Waals surface area contributed by atoms with E-state index in [1.165, 1.54) is 24.0 Å². The Morgan fingerprint density at radius 2 is 1.83 bits per heavy atom. The molecule has 1 amide bonds. The van der Waals surface area contributed by atoms with Crippen LogP contribution in [-0.2, 0) is 0 Å². The number of aromatic nitrogens is 3. The Kier molecular flexibility index (Phi) is 6.83. The first-order chi connectivity index (χ1) is 16.9. The van der Waals surface area contributed by atoms with Gasteiger partial charge in [0.15, 0.2) is 10.9 Å². The maximum Gasteiger partial charge on any atom is 0.311 e. The Morgan fingerprint density at radius 1 is 1.09 bits per heavy atom. The van der Waals surface area contributed by atoms with Crippen LogP contribution in [0.3, 0.4) is 0 Å². The van der Waals surface area contributed by atoms with Gasteiger partial charge >= 0.3 is 5.69 Å². The van der Waals surface area contributed by atoms with Gasteiger partial charge in [-0.05, 0) is 73.7 Å². The number of anilines is 1. The van der Waals surface area contributed by atoms with Crippen LogP contribution >= 0.6 is 12.2 Å². The number of benzene rings is 3. The quantitative estimate of drug-likeness (QED) is 0.224. The fourth-order valence-corrected chi connectivity index (χ4v) is 3.47. The third-order valence-electron chi connectivity index (χ3n) is 4.88. The second-order valence-electron chi connectivity index (χ2n) is 7.17. The van der Waals surface area contributed by atoms with Crippen LogP contribution in [0.5, 0.6) is 11.5 Å². The first-order valence-corrected chi connectivity index (χ1v) is 10.8. The van der Waals surface area contributed by atoms with Crippen LogP contribution in [0.4, 0.5) is 11.4 Å². The minimum absolute atomic E-state index is 0.0201. The van der Waals surface area contributed by atoms with Crippen molar-refractivity contribution in [3.8, 4) is 17.2 Å². The summed E-state index contributed by atoms with van der Waals surface area (Å²) in [4.78, 5) is 24.6. The zero-order valence-electron chi connectivity index (χ0n) is 18.7. The molecule has 0 unspecified atom stereocenters. The summed E-state index contributed by atoms with van der Waals surface area (Å²) in [5, 5.41) is 25.6. The number of nitro groups is 1. The SMILES string of the molecule is CCOc1ccc(-n2nc3ccc(NC(=S)NC(=O)c4ccc(OC)c([N+](=O)[O-])c4)cc3n2)cc1. The molecule has 0 bridgehead atoms. The van der Waals surface area contributed by atoms with Gasteiger partial charge in [-0.15, -0.1) is 10.2 Å². The van der Waals surface area contributed by atoms with Crippen LogP contribution in [0.15, 0.2) is 60.7 Å². The van der Waals surface area contributed by atoms with Crippen molar-refractivity contribution in [2.24, 2.45) is 0 Å². The zero-order valence-corrected chi connectivity index (χ0v) is 19.5. The highest BCUT2D eigenvalue weighted by molar-refractivity contribution is 7.80. The van der Waals surface area contributed by atoms with E-state index >= 15 is 0 Å². The highest BCUT2D eigenvalue weighted by Crippen LogP contribution is 2.27. The standard InChI is InChI=1S/C23H20N6O5S/c1-3-34-17-8-6-16(7-9-17)28-26-18-10-5-15(13-19(18)27-28)24-23(35)25-22(30)14-4-11-21(33-2)20(12-14)29(31)32/h4-13H,3H2,1-2H3,(H2,24,25,30,35). The number of nitro benzene ring substituents is 1. The lowest BCUT2D eigenvalue weighted by atomic mass is 10.1. The molecule has 0 saturated carbocycles. The molecule has 0 aliphatic carbocycles. The van der Waals surface area contributed by atoms with E-state index in [1.54, 1.807) is 18.2 Å². The van der Waals surface area contributed by atoms with E-state index in [-0.39, 0.29) is 22.1 Å². The van der Waals surface area contributed by atoms with Gasteiger partial charge in [0.25, 0.3) is 5.91 Å². The summed E-state index contributed by atoms with van der Waals surface area (Å²) in [5.74, 6) is 0.217. The summed E-state index contributed by atoms with van der Waals surface area (Å²) < 4.78 is 10.4. The summed E-state index contributed by atoms with van der Waals surface area (Å²) in [7, 11) is 1.31. The van der Waals surface area contributed by atoms with Crippen LogP contribution in [0.1, 0.15) is 17.3 Å². The molecule has 0 fully saturated rings.